The van der Waals surface area contributed by atoms with Crippen molar-refractivity contribution in [3.8, 4) is 11.5 Å². The number of ether oxygens (including phenoxy) is 2. The lowest BCUT2D eigenvalue weighted by molar-refractivity contribution is 0.0952. The zero-order valence-electron chi connectivity index (χ0n) is 19.0. The van der Waals surface area contributed by atoms with Crippen LogP contribution in [0, 0.1) is 0 Å². The highest BCUT2D eigenvalue weighted by atomic mass is 32.2. The molecule has 8 heteroatoms. The summed E-state index contributed by atoms with van der Waals surface area (Å²) in [6, 6.07) is 15.9. The molecule has 1 heterocycles. The Morgan fingerprint density at radius 2 is 1.56 bits per heavy atom. The van der Waals surface area contributed by atoms with Gasteiger partial charge in [0.1, 0.15) is 0 Å². The second-order valence-corrected chi connectivity index (χ2v) is 9.58. The number of benzene rings is 3. The molecule has 1 aliphatic heterocycles. The number of hydrogen-bond donors (Lipinski definition) is 1. The lowest BCUT2D eigenvalue weighted by atomic mass is 10.0. The van der Waals surface area contributed by atoms with E-state index in [9.17, 15) is 18.0 Å². The summed E-state index contributed by atoms with van der Waals surface area (Å²) < 4.78 is 37.3. The average Bonchev–Trinajstić information content (AvgIpc) is 2.84. The molecular formula is C26H25NO6S. The number of rotatable bonds is 8. The van der Waals surface area contributed by atoms with Crippen LogP contribution in [0.5, 0.6) is 11.5 Å². The van der Waals surface area contributed by atoms with Crippen molar-refractivity contribution in [3.05, 3.63) is 82.9 Å². The number of fused-ring (bicyclic) bond motifs is 2. The molecule has 3 aromatic carbocycles. The van der Waals surface area contributed by atoms with E-state index in [1.807, 2.05) is 32.0 Å². The quantitative estimate of drug-likeness (QED) is 0.412. The number of amides is 1. The van der Waals surface area contributed by atoms with Crippen molar-refractivity contribution in [2.24, 2.45) is 0 Å². The summed E-state index contributed by atoms with van der Waals surface area (Å²) in [6.45, 7) is 5.18. The van der Waals surface area contributed by atoms with Crippen LogP contribution in [0.25, 0.3) is 0 Å². The van der Waals surface area contributed by atoms with Crippen molar-refractivity contribution in [1.29, 1.82) is 0 Å². The van der Waals surface area contributed by atoms with E-state index in [-0.39, 0.29) is 32.3 Å². The molecule has 3 aromatic rings. The van der Waals surface area contributed by atoms with E-state index in [1.165, 1.54) is 30.3 Å². The number of sulfone groups is 1. The summed E-state index contributed by atoms with van der Waals surface area (Å²) >= 11 is 0. The Morgan fingerprint density at radius 1 is 0.853 bits per heavy atom. The summed E-state index contributed by atoms with van der Waals surface area (Å²) in [5.74, 6) is 0.537. The van der Waals surface area contributed by atoms with E-state index in [1.54, 1.807) is 12.1 Å². The molecule has 0 aromatic heterocycles. The van der Waals surface area contributed by atoms with E-state index in [0.717, 1.165) is 5.56 Å². The van der Waals surface area contributed by atoms with E-state index in [4.69, 9.17) is 9.47 Å². The van der Waals surface area contributed by atoms with Crippen LogP contribution in [0.2, 0.25) is 0 Å². The first-order valence-corrected chi connectivity index (χ1v) is 12.5. The molecule has 7 nitrogen and oxygen atoms in total. The third kappa shape index (κ3) is 4.41. The van der Waals surface area contributed by atoms with Gasteiger partial charge in [0.05, 0.1) is 23.0 Å². The maximum atomic E-state index is 13.1. The van der Waals surface area contributed by atoms with Gasteiger partial charge in [0.25, 0.3) is 5.91 Å². The molecule has 0 spiro atoms. The summed E-state index contributed by atoms with van der Waals surface area (Å²) in [7, 11) is -3.90. The molecule has 176 valence electrons. The van der Waals surface area contributed by atoms with Gasteiger partial charge in [-0.05, 0) is 68.3 Å². The Bertz CT molecular complexity index is 1360. The Balaban J connectivity index is 1.49. The van der Waals surface area contributed by atoms with Crippen molar-refractivity contribution in [2.45, 2.75) is 30.1 Å². The van der Waals surface area contributed by atoms with Crippen molar-refractivity contribution < 1.29 is 27.5 Å². The number of hydrogen-bond acceptors (Lipinski definition) is 6. The molecule has 0 bridgehead atoms. The van der Waals surface area contributed by atoms with Crippen LogP contribution in [0.3, 0.4) is 0 Å². The van der Waals surface area contributed by atoms with Crippen molar-refractivity contribution in [3.63, 3.8) is 0 Å². The van der Waals surface area contributed by atoms with E-state index >= 15 is 0 Å². The Kier molecular flexibility index (Phi) is 6.70. The maximum Gasteiger partial charge on any atom is 0.251 e. The van der Waals surface area contributed by atoms with Crippen LogP contribution in [0.1, 0.15) is 45.7 Å². The normalized spacial score (nSPS) is 13.5. The molecule has 0 aliphatic carbocycles. The molecule has 0 saturated carbocycles. The molecule has 4 rings (SSSR count). The Morgan fingerprint density at radius 3 is 2.32 bits per heavy atom. The minimum Gasteiger partial charge on any atom is -0.490 e. The summed E-state index contributed by atoms with van der Waals surface area (Å²) in [5.41, 5.74) is 1.36. The first-order valence-electron chi connectivity index (χ1n) is 11.1. The van der Waals surface area contributed by atoms with Crippen molar-refractivity contribution in [1.82, 2.24) is 5.32 Å². The monoisotopic (exact) mass is 479 g/mol. The molecule has 1 aliphatic rings. The highest BCUT2D eigenvalue weighted by molar-refractivity contribution is 7.91. The van der Waals surface area contributed by atoms with Crippen LogP contribution in [0.4, 0.5) is 0 Å². The molecule has 0 saturated heterocycles. The van der Waals surface area contributed by atoms with Gasteiger partial charge in [-0.25, -0.2) is 8.42 Å². The highest BCUT2D eigenvalue weighted by Gasteiger charge is 2.35. The first-order chi connectivity index (χ1) is 16.4. The fourth-order valence-electron chi connectivity index (χ4n) is 3.90. The van der Waals surface area contributed by atoms with E-state index in [2.05, 4.69) is 5.32 Å². The topological polar surface area (TPSA) is 98.8 Å². The zero-order valence-corrected chi connectivity index (χ0v) is 19.8. The molecule has 1 amide bonds. The standard InChI is InChI=1S/C26H25NO6S/c1-3-32-21-12-9-17(15-22(21)33-4-2)13-14-27-26(29)18-10-11-20-24(16-18)34(30,31)23-8-6-5-7-19(23)25(20)28/h5-12,15-16H,3-4,13-14H2,1-2H3,(H,27,29). The third-order valence-electron chi connectivity index (χ3n) is 5.51. The smallest absolute Gasteiger partial charge is 0.251 e. The molecule has 0 radical (unpaired) electrons. The van der Waals surface area contributed by atoms with E-state index < -0.39 is 15.7 Å². The molecule has 0 unspecified atom stereocenters. The van der Waals surface area contributed by atoms with Gasteiger partial charge < -0.3 is 14.8 Å². The average molecular weight is 480 g/mol. The minimum absolute atomic E-state index is 0.0364. The fourth-order valence-corrected chi connectivity index (χ4v) is 5.58. The van der Waals surface area contributed by atoms with Gasteiger partial charge in [0.15, 0.2) is 17.3 Å². The number of carbonyl (C=O) groups excluding carboxylic acids is 2. The van der Waals surface area contributed by atoms with Gasteiger partial charge in [0, 0.05) is 23.2 Å². The van der Waals surface area contributed by atoms with Crippen molar-refractivity contribution >= 4 is 21.5 Å². The van der Waals surface area contributed by atoms with Crippen LogP contribution in [-0.4, -0.2) is 39.9 Å². The highest BCUT2D eigenvalue weighted by Crippen LogP contribution is 2.34. The Labute approximate surface area is 198 Å². The van der Waals surface area contributed by atoms with Crippen LogP contribution < -0.4 is 14.8 Å². The van der Waals surface area contributed by atoms with Crippen molar-refractivity contribution in [2.75, 3.05) is 19.8 Å². The zero-order chi connectivity index (χ0) is 24.3. The lowest BCUT2D eigenvalue weighted by Gasteiger charge is -2.19. The van der Waals surface area contributed by atoms with Gasteiger partial charge in [-0.1, -0.05) is 18.2 Å². The molecular weight excluding hydrogens is 454 g/mol. The van der Waals surface area contributed by atoms with Crippen LogP contribution >= 0.6 is 0 Å². The summed E-state index contributed by atoms with van der Waals surface area (Å²) in [6.07, 6.45) is 0.549. The summed E-state index contributed by atoms with van der Waals surface area (Å²) in [4.78, 5) is 25.3. The van der Waals surface area contributed by atoms with Gasteiger partial charge in [-0.15, -0.1) is 0 Å². The second-order valence-electron chi connectivity index (χ2n) is 7.69. The lowest BCUT2D eigenvalue weighted by Crippen LogP contribution is -2.27. The SMILES string of the molecule is CCOc1ccc(CCNC(=O)c2ccc3c(c2)S(=O)(=O)c2ccccc2C3=O)cc1OCC. The predicted molar refractivity (Wildman–Crippen MR) is 127 cm³/mol. The number of ketones is 1. The summed E-state index contributed by atoms with van der Waals surface area (Å²) in [5, 5.41) is 2.81. The Hall–Kier alpha value is -3.65. The van der Waals surface area contributed by atoms with Crippen LogP contribution in [0.15, 0.2) is 70.5 Å². The molecule has 1 N–H and O–H groups in total. The van der Waals surface area contributed by atoms with Crippen LogP contribution in [-0.2, 0) is 16.3 Å². The first kappa shape index (κ1) is 23.5. The maximum absolute atomic E-state index is 13.1. The molecule has 34 heavy (non-hydrogen) atoms. The van der Waals surface area contributed by atoms with E-state index in [0.29, 0.717) is 37.7 Å². The van der Waals surface area contributed by atoms with Gasteiger partial charge in [0.2, 0.25) is 9.84 Å². The predicted octanol–water partition coefficient (Wildman–Crippen LogP) is 3.83. The largest absolute Gasteiger partial charge is 0.490 e. The third-order valence-corrected chi connectivity index (χ3v) is 7.36. The second kappa shape index (κ2) is 9.69. The molecule has 0 atom stereocenters. The molecule has 0 fully saturated rings. The van der Waals surface area contributed by atoms with Gasteiger partial charge in [-0.3, -0.25) is 9.59 Å². The van der Waals surface area contributed by atoms with Gasteiger partial charge >= 0.3 is 0 Å². The number of nitrogens with one attached hydrogen (secondary N) is 1. The number of carbonyl (C=O) groups is 2. The van der Waals surface area contributed by atoms with Gasteiger partial charge in [-0.2, -0.15) is 0 Å². The fraction of sp³-hybridized carbons (Fsp3) is 0.231. The minimum atomic E-state index is -3.90.